The summed E-state index contributed by atoms with van der Waals surface area (Å²) in [6.07, 6.45) is 5.40. The van der Waals surface area contributed by atoms with Crippen LogP contribution in [0.2, 0.25) is 0 Å². The Morgan fingerprint density at radius 1 is 0.873 bits per heavy atom. The molecule has 3 aromatic rings. The zero-order chi connectivity index (χ0) is 38.4. The Kier molecular flexibility index (Phi) is 9.68. The number of carbonyl (C=O) groups excluding carboxylic acids is 5. The molecule has 4 aliphatic heterocycles. The molecule has 1 atom stereocenters. The fraction of sp³-hybridized carbons (Fsp3) is 0.450. The molecule has 8 rings (SSSR count). The van der Waals surface area contributed by atoms with E-state index in [2.05, 4.69) is 30.7 Å². The molecular formula is C40H43N9O6. The number of aromatic nitrogens is 2. The molecule has 2 aromatic carbocycles. The Labute approximate surface area is 318 Å². The summed E-state index contributed by atoms with van der Waals surface area (Å²) in [7, 11) is 0. The number of hydrogen-bond donors (Lipinski definition) is 1. The van der Waals surface area contributed by atoms with Crippen molar-refractivity contribution in [3.8, 4) is 11.8 Å². The van der Waals surface area contributed by atoms with E-state index < -0.39 is 29.7 Å². The molecule has 0 radical (unpaired) electrons. The highest BCUT2D eigenvalue weighted by atomic mass is 16.5. The number of nitriles is 1. The molecule has 5 aliphatic rings. The van der Waals surface area contributed by atoms with E-state index in [0.29, 0.717) is 48.9 Å². The van der Waals surface area contributed by atoms with E-state index in [9.17, 15) is 29.2 Å². The predicted molar refractivity (Wildman–Crippen MR) is 199 cm³/mol. The van der Waals surface area contributed by atoms with Gasteiger partial charge in [0.2, 0.25) is 11.9 Å². The number of nitrogens with two attached hydrogens (primary N) is 1. The third kappa shape index (κ3) is 6.98. The van der Waals surface area contributed by atoms with Crippen molar-refractivity contribution in [2.24, 2.45) is 11.7 Å². The van der Waals surface area contributed by atoms with Gasteiger partial charge in [0.1, 0.15) is 11.8 Å². The second-order valence-corrected chi connectivity index (χ2v) is 15.2. The highest BCUT2D eigenvalue weighted by molar-refractivity contribution is 6.23. The molecule has 5 heterocycles. The number of piperidine rings is 1. The van der Waals surface area contributed by atoms with Crippen LogP contribution in [0.3, 0.4) is 0 Å². The first-order valence-electron chi connectivity index (χ1n) is 19.0. The first kappa shape index (κ1) is 36.1. The van der Waals surface area contributed by atoms with Crippen LogP contribution in [0.25, 0.3) is 0 Å². The van der Waals surface area contributed by atoms with Crippen molar-refractivity contribution in [2.45, 2.75) is 63.6 Å². The van der Waals surface area contributed by atoms with E-state index in [1.807, 2.05) is 19.1 Å². The number of likely N-dealkylation sites (tertiary alicyclic amines) is 1. The number of amides is 5. The average molecular weight is 746 g/mol. The van der Waals surface area contributed by atoms with E-state index >= 15 is 0 Å². The van der Waals surface area contributed by atoms with Crippen LogP contribution in [-0.2, 0) is 9.59 Å². The maximum atomic E-state index is 14.0. The van der Waals surface area contributed by atoms with Gasteiger partial charge in [-0.05, 0) is 81.0 Å². The lowest BCUT2D eigenvalue weighted by atomic mass is 9.89. The van der Waals surface area contributed by atoms with Gasteiger partial charge >= 0.3 is 0 Å². The SMILES string of the molecule is Cc1cc(OC2CCC(N3C(=O)CCC(N4C(=O)c5ccc(N6CCN(CC7CN(c8ncc(C(N)=O)cn8)C7)CC6)cc5C4=O)C3=O)CC2)ccc1C#N. The van der Waals surface area contributed by atoms with Gasteiger partial charge in [0.15, 0.2) is 0 Å². The zero-order valence-corrected chi connectivity index (χ0v) is 30.7. The lowest BCUT2D eigenvalue weighted by Gasteiger charge is -2.44. The summed E-state index contributed by atoms with van der Waals surface area (Å²) in [5.41, 5.74) is 8.43. The molecule has 15 heteroatoms. The summed E-state index contributed by atoms with van der Waals surface area (Å²) < 4.78 is 6.18. The number of nitrogens with zero attached hydrogens (tertiary/aromatic N) is 8. The zero-order valence-electron chi connectivity index (χ0n) is 30.7. The highest BCUT2D eigenvalue weighted by Crippen LogP contribution is 2.35. The average Bonchev–Trinajstić information content (AvgIpc) is 3.42. The number of primary amides is 1. The van der Waals surface area contributed by atoms with Gasteiger partial charge in [0.25, 0.3) is 23.6 Å². The minimum atomic E-state index is -1.03. The van der Waals surface area contributed by atoms with E-state index in [0.717, 1.165) is 62.0 Å². The van der Waals surface area contributed by atoms with Gasteiger partial charge in [-0.15, -0.1) is 0 Å². The Hall–Kier alpha value is -5.88. The van der Waals surface area contributed by atoms with Crippen molar-refractivity contribution in [3.63, 3.8) is 0 Å². The molecule has 55 heavy (non-hydrogen) atoms. The fourth-order valence-electron chi connectivity index (χ4n) is 8.60. The van der Waals surface area contributed by atoms with Crippen LogP contribution >= 0.6 is 0 Å². The quantitative estimate of drug-likeness (QED) is 0.316. The van der Waals surface area contributed by atoms with E-state index in [1.165, 1.54) is 17.3 Å². The van der Waals surface area contributed by atoms with Crippen molar-refractivity contribution in [1.82, 2.24) is 24.7 Å². The van der Waals surface area contributed by atoms with Gasteiger partial charge in [0.05, 0.1) is 34.4 Å². The molecule has 15 nitrogen and oxygen atoms in total. The van der Waals surface area contributed by atoms with Crippen molar-refractivity contribution in [3.05, 3.63) is 76.6 Å². The number of hydrogen-bond acceptors (Lipinski definition) is 12. The molecule has 0 bridgehead atoms. The minimum absolute atomic E-state index is 0.0804. The number of ether oxygens (including phenoxy) is 1. The van der Waals surface area contributed by atoms with Gasteiger partial charge in [-0.2, -0.15) is 5.26 Å². The maximum absolute atomic E-state index is 14.0. The minimum Gasteiger partial charge on any atom is -0.490 e. The maximum Gasteiger partial charge on any atom is 0.262 e. The van der Waals surface area contributed by atoms with E-state index in [1.54, 1.807) is 24.3 Å². The molecule has 1 aliphatic carbocycles. The molecule has 0 spiro atoms. The lowest BCUT2D eigenvalue weighted by molar-refractivity contribution is -0.155. The van der Waals surface area contributed by atoms with Crippen molar-refractivity contribution >= 4 is 41.2 Å². The number of fused-ring (bicyclic) bond motifs is 1. The second-order valence-electron chi connectivity index (χ2n) is 15.2. The summed E-state index contributed by atoms with van der Waals surface area (Å²) in [6.45, 7) is 7.69. The largest absolute Gasteiger partial charge is 0.490 e. The van der Waals surface area contributed by atoms with E-state index in [-0.39, 0.29) is 47.6 Å². The molecule has 284 valence electrons. The monoisotopic (exact) mass is 745 g/mol. The van der Waals surface area contributed by atoms with Crippen LogP contribution in [0.15, 0.2) is 48.8 Å². The van der Waals surface area contributed by atoms with Gasteiger partial charge < -0.3 is 20.3 Å². The Morgan fingerprint density at radius 2 is 1.58 bits per heavy atom. The van der Waals surface area contributed by atoms with E-state index in [4.69, 9.17) is 10.5 Å². The number of aryl methyl sites for hydroxylation is 1. The third-order valence-electron chi connectivity index (χ3n) is 11.7. The lowest BCUT2D eigenvalue weighted by Crippen LogP contribution is -2.59. The standard InChI is InChI=1S/C40H43N9O6/c1-24-16-31(6-2-26(24)18-41)55-30-7-3-28(4-8-30)48-35(50)11-10-34(39(48)54)49-37(52)32-9-5-29(17-33(32)38(49)53)46-14-12-45(13-15-46)21-25-22-47(23-25)40-43-19-27(20-44-40)36(42)51/h2,5-6,9,16-17,19-20,25,28,30,34H,3-4,7-8,10-15,21-23H2,1H3,(H2,42,51). The molecule has 4 fully saturated rings. The Morgan fingerprint density at radius 3 is 2.25 bits per heavy atom. The number of rotatable bonds is 9. The third-order valence-corrected chi connectivity index (χ3v) is 11.7. The van der Waals surface area contributed by atoms with Crippen LogP contribution in [0.1, 0.15) is 80.7 Å². The van der Waals surface area contributed by atoms with Gasteiger partial charge in [-0.3, -0.25) is 38.7 Å². The predicted octanol–water partition coefficient (Wildman–Crippen LogP) is 2.52. The van der Waals surface area contributed by atoms with Crippen molar-refractivity contribution in [2.75, 3.05) is 55.6 Å². The Balaban J connectivity index is 0.845. The number of imide groups is 2. The van der Waals surface area contributed by atoms with Crippen LogP contribution in [-0.4, -0.2) is 118 Å². The highest BCUT2D eigenvalue weighted by Gasteiger charge is 2.49. The number of benzene rings is 2. The first-order valence-corrected chi connectivity index (χ1v) is 19.0. The molecule has 2 N–H and O–H groups in total. The van der Waals surface area contributed by atoms with Crippen LogP contribution < -0.4 is 20.3 Å². The van der Waals surface area contributed by atoms with Crippen LogP contribution in [0.4, 0.5) is 11.6 Å². The summed E-state index contributed by atoms with van der Waals surface area (Å²) in [4.78, 5) is 83.6. The van der Waals surface area contributed by atoms with Crippen molar-refractivity contribution in [1.29, 1.82) is 5.26 Å². The molecule has 1 saturated carbocycles. The fourth-order valence-corrected chi connectivity index (χ4v) is 8.60. The molecule has 1 unspecified atom stereocenters. The smallest absolute Gasteiger partial charge is 0.262 e. The Bertz CT molecular complexity index is 2080. The molecule has 1 aromatic heterocycles. The summed E-state index contributed by atoms with van der Waals surface area (Å²) in [6, 6.07) is 11.5. The molecule has 5 amide bonds. The summed E-state index contributed by atoms with van der Waals surface area (Å²) in [5.74, 6) is -0.555. The van der Waals surface area contributed by atoms with Crippen LogP contribution in [0.5, 0.6) is 5.75 Å². The number of carbonyl (C=O) groups is 5. The normalized spacial score (nSPS) is 23.5. The van der Waals surface area contributed by atoms with Crippen molar-refractivity contribution < 1.29 is 28.7 Å². The molecular weight excluding hydrogens is 702 g/mol. The van der Waals surface area contributed by atoms with Gasteiger partial charge in [-0.1, -0.05) is 0 Å². The van der Waals surface area contributed by atoms with Crippen LogP contribution in [0, 0.1) is 24.2 Å². The second kappa shape index (κ2) is 14.7. The number of piperazine rings is 1. The first-order chi connectivity index (χ1) is 26.6. The topological polar surface area (TPSA) is 186 Å². The van der Waals surface area contributed by atoms with Gasteiger partial charge in [0, 0.05) is 82.3 Å². The number of anilines is 2. The summed E-state index contributed by atoms with van der Waals surface area (Å²) >= 11 is 0. The van der Waals surface area contributed by atoms with Gasteiger partial charge in [-0.25, -0.2) is 9.97 Å². The summed E-state index contributed by atoms with van der Waals surface area (Å²) in [5, 5.41) is 9.22. The molecule has 3 saturated heterocycles.